The molecule has 0 bridgehead atoms. The predicted octanol–water partition coefficient (Wildman–Crippen LogP) is 5.38. The number of rotatable bonds is 9. The molecule has 0 aliphatic rings. The minimum absolute atomic E-state index is 0. The third kappa shape index (κ3) is 8.24. The van der Waals surface area contributed by atoms with Crippen LogP contribution in [0.4, 0.5) is 5.95 Å². The number of aromatic nitrogens is 2. The van der Waals surface area contributed by atoms with Crippen LogP contribution >= 0.6 is 12.4 Å². The molecular weight excluding hydrogens is 512 g/mol. The number of hydrogen-bond acceptors (Lipinski definition) is 6. The molecule has 2 aromatic carbocycles. The van der Waals surface area contributed by atoms with Gasteiger partial charge in [-0.3, -0.25) is 0 Å². The summed E-state index contributed by atoms with van der Waals surface area (Å²) >= 11 is 0. The lowest BCUT2D eigenvalue weighted by Gasteiger charge is -2.23. The van der Waals surface area contributed by atoms with E-state index in [2.05, 4.69) is 35.5 Å². The highest BCUT2D eigenvalue weighted by molar-refractivity contribution is 7.92. The molecule has 4 N–H and O–H groups in total. The van der Waals surface area contributed by atoms with Gasteiger partial charge in [0.05, 0.1) is 16.2 Å². The topological polar surface area (TPSA) is 135 Å². The van der Waals surface area contributed by atoms with Gasteiger partial charge in [0, 0.05) is 17.3 Å². The van der Waals surface area contributed by atoms with Gasteiger partial charge >= 0.3 is 5.97 Å². The molecule has 0 spiro atoms. The van der Waals surface area contributed by atoms with Crippen LogP contribution in [0.1, 0.15) is 60.8 Å². The van der Waals surface area contributed by atoms with Crippen molar-refractivity contribution in [2.24, 2.45) is 11.1 Å². The lowest BCUT2D eigenvalue weighted by molar-refractivity contribution is 0.0696. The van der Waals surface area contributed by atoms with E-state index >= 15 is 0 Å². The maximum absolute atomic E-state index is 13.1. The Morgan fingerprint density at radius 2 is 1.68 bits per heavy atom. The molecule has 1 atom stereocenters. The molecule has 1 heterocycles. The SMILES string of the molecule is Cc1cccc(C)c1-c1cc(CC[C@H](N)CC(C)(C)C)nc(NS(=O)(=O)c2cccc(C(=O)O)c2)n1.Cl. The van der Waals surface area contributed by atoms with E-state index in [4.69, 9.17) is 5.73 Å². The van der Waals surface area contributed by atoms with Gasteiger partial charge in [-0.1, -0.05) is 45.0 Å². The number of hydrogen-bond donors (Lipinski definition) is 3. The molecule has 3 rings (SSSR count). The zero-order chi connectivity index (χ0) is 26.7. The van der Waals surface area contributed by atoms with Crippen LogP contribution in [0.25, 0.3) is 11.3 Å². The first-order valence-corrected chi connectivity index (χ1v) is 13.3. The predicted molar refractivity (Wildman–Crippen MR) is 149 cm³/mol. The number of aromatic carboxylic acids is 1. The summed E-state index contributed by atoms with van der Waals surface area (Å²) in [5.74, 6) is -1.29. The van der Waals surface area contributed by atoms with Crippen molar-refractivity contribution in [3.05, 3.63) is 70.9 Å². The monoisotopic (exact) mass is 546 g/mol. The Bertz CT molecular complexity index is 1350. The van der Waals surface area contributed by atoms with Crippen LogP contribution < -0.4 is 10.5 Å². The van der Waals surface area contributed by atoms with E-state index in [0.717, 1.165) is 29.2 Å². The van der Waals surface area contributed by atoms with Crippen molar-refractivity contribution in [2.45, 2.75) is 64.8 Å². The van der Waals surface area contributed by atoms with Gasteiger partial charge in [-0.25, -0.2) is 27.9 Å². The van der Waals surface area contributed by atoms with Crippen molar-refractivity contribution in [3.8, 4) is 11.3 Å². The minimum atomic E-state index is -4.12. The highest BCUT2D eigenvalue weighted by atomic mass is 35.5. The van der Waals surface area contributed by atoms with Crippen LogP contribution in [0.3, 0.4) is 0 Å². The standard InChI is InChI=1S/C27H34N4O4S.ClH/c1-17-8-6-9-18(2)24(17)23-15-21(13-12-20(28)16-27(3,4)5)29-26(30-23)31-36(34,35)22-11-7-10-19(14-22)25(32)33;/h6-11,14-15,20H,12-13,16,28H2,1-5H3,(H,32,33)(H,29,30,31);1H/t20-;/m0./s1. The zero-order valence-electron chi connectivity index (χ0n) is 21.8. The molecule has 37 heavy (non-hydrogen) atoms. The smallest absolute Gasteiger partial charge is 0.335 e. The summed E-state index contributed by atoms with van der Waals surface area (Å²) in [6.45, 7) is 10.4. The van der Waals surface area contributed by atoms with Crippen LogP contribution in [0.5, 0.6) is 0 Å². The van der Waals surface area contributed by atoms with E-state index in [9.17, 15) is 18.3 Å². The number of benzene rings is 2. The normalized spacial score (nSPS) is 12.5. The fourth-order valence-electron chi connectivity index (χ4n) is 4.22. The molecule has 0 saturated carbocycles. The first-order chi connectivity index (χ1) is 16.7. The van der Waals surface area contributed by atoms with E-state index in [-0.39, 0.29) is 40.3 Å². The van der Waals surface area contributed by atoms with Crippen molar-refractivity contribution in [3.63, 3.8) is 0 Å². The third-order valence-electron chi connectivity index (χ3n) is 5.78. The summed E-state index contributed by atoms with van der Waals surface area (Å²) in [7, 11) is -4.12. The Labute approximate surface area is 225 Å². The zero-order valence-corrected chi connectivity index (χ0v) is 23.4. The molecule has 1 aromatic heterocycles. The lowest BCUT2D eigenvalue weighted by atomic mass is 9.87. The first kappa shape index (κ1) is 30.2. The third-order valence-corrected chi connectivity index (χ3v) is 7.11. The van der Waals surface area contributed by atoms with Crippen molar-refractivity contribution < 1.29 is 18.3 Å². The van der Waals surface area contributed by atoms with Gasteiger partial charge in [0.2, 0.25) is 5.95 Å². The average Bonchev–Trinajstić information content (AvgIpc) is 2.76. The molecule has 8 nitrogen and oxygen atoms in total. The molecule has 0 unspecified atom stereocenters. The molecule has 0 saturated heterocycles. The van der Waals surface area contributed by atoms with E-state index in [1.807, 2.05) is 38.1 Å². The van der Waals surface area contributed by atoms with Gasteiger partial charge in [-0.05, 0) is 73.9 Å². The second kappa shape index (κ2) is 12.0. The van der Waals surface area contributed by atoms with Crippen molar-refractivity contribution in [1.82, 2.24) is 9.97 Å². The van der Waals surface area contributed by atoms with Crippen LogP contribution in [0.2, 0.25) is 0 Å². The number of nitrogens with zero attached hydrogens (tertiary/aromatic N) is 2. The number of carbonyl (C=O) groups is 1. The molecule has 0 amide bonds. The summed E-state index contributed by atoms with van der Waals surface area (Å²) in [6, 6.07) is 12.9. The first-order valence-electron chi connectivity index (χ1n) is 11.8. The number of nitrogens with two attached hydrogens (primary N) is 1. The second-order valence-corrected chi connectivity index (χ2v) is 12.0. The van der Waals surface area contributed by atoms with Crippen LogP contribution in [-0.4, -0.2) is 35.5 Å². The summed E-state index contributed by atoms with van der Waals surface area (Å²) < 4.78 is 28.6. The summed E-state index contributed by atoms with van der Waals surface area (Å²) in [5, 5.41) is 9.24. The Kier molecular flexibility index (Phi) is 9.82. The number of sulfonamides is 1. The maximum atomic E-state index is 13.1. The fourth-order valence-corrected chi connectivity index (χ4v) is 5.20. The molecule has 3 aromatic rings. The Morgan fingerprint density at radius 1 is 1.05 bits per heavy atom. The maximum Gasteiger partial charge on any atom is 0.335 e. The largest absolute Gasteiger partial charge is 0.478 e. The molecule has 0 aliphatic heterocycles. The number of halogens is 1. The number of carboxylic acids is 1. The van der Waals surface area contributed by atoms with Gasteiger partial charge < -0.3 is 10.8 Å². The fraction of sp³-hybridized carbons (Fsp3) is 0.370. The van der Waals surface area contributed by atoms with Gasteiger partial charge in [0.1, 0.15) is 0 Å². The van der Waals surface area contributed by atoms with Crippen molar-refractivity contribution >= 4 is 34.3 Å². The van der Waals surface area contributed by atoms with Crippen LogP contribution in [-0.2, 0) is 16.4 Å². The highest BCUT2D eigenvalue weighted by Gasteiger charge is 2.21. The molecule has 0 radical (unpaired) electrons. The average molecular weight is 547 g/mol. The van der Waals surface area contributed by atoms with Crippen molar-refractivity contribution in [2.75, 3.05) is 4.72 Å². The number of aryl methyl sites for hydroxylation is 3. The molecule has 200 valence electrons. The van der Waals surface area contributed by atoms with E-state index in [1.165, 1.54) is 18.2 Å². The lowest BCUT2D eigenvalue weighted by Crippen LogP contribution is -2.27. The van der Waals surface area contributed by atoms with Crippen LogP contribution in [0.15, 0.2) is 53.4 Å². The number of anilines is 1. The minimum Gasteiger partial charge on any atom is -0.478 e. The quantitative estimate of drug-likeness (QED) is 0.328. The number of carboxylic acid groups (broad SMARTS) is 1. The number of nitrogens with one attached hydrogen (secondary N) is 1. The van der Waals surface area contributed by atoms with Gasteiger partial charge in [-0.2, -0.15) is 0 Å². The summed E-state index contributed by atoms with van der Waals surface area (Å²) in [6.07, 6.45) is 2.09. The van der Waals surface area contributed by atoms with E-state index in [0.29, 0.717) is 24.2 Å². The van der Waals surface area contributed by atoms with E-state index in [1.54, 1.807) is 0 Å². The summed E-state index contributed by atoms with van der Waals surface area (Å²) in [5.41, 5.74) is 10.5. The second-order valence-electron chi connectivity index (χ2n) is 10.3. The molecule has 10 heteroatoms. The molecule has 0 fully saturated rings. The van der Waals surface area contributed by atoms with Crippen molar-refractivity contribution in [1.29, 1.82) is 0 Å². The molecular formula is C27H35ClN4O4S. The van der Waals surface area contributed by atoms with Gasteiger partial charge in [0.25, 0.3) is 10.0 Å². The van der Waals surface area contributed by atoms with Gasteiger partial charge in [0.15, 0.2) is 0 Å². The Hall–Kier alpha value is -3.01. The van der Waals surface area contributed by atoms with Gasteiger partial charge in [-0.15, -0.1) is 12.4 Å². The highest BCUT2D eigenvalue weighted by Crippen LogP contribution is 2.28. The Balaban J connectivity index is 0.00000481. The van der Waals surface area contributed by atoms with E-state index < -0.39 is 16.0 Å². The summed E-state index contributed by atoms with van der Waals surface area (Å²) in [4.78, 5) is 20.1. The van der Waals surface area contributed by atoms with Crippen LogP contribution in [0, 0.1) is 19.3 Å². The Morgan fingerprint density at radius 3 is 2.27 bits per heavy atom. The molecule has 0 aliphatic carbocycles.